The Hall–Kier alpha value is -3.08. The van der Waals surface area contributed by atoms with Crippen LogP contribution in [0.3, 0.4) is 0 Å². The van der Waals surface area contributed by atoms with Crippen LogP contribution >= 0.6 is 0 Å². The van der Waals surface area contributed by atoms with E-state index < -0.39 is 0 Å². The van der Waals surface area contributed by atoms with Crippen molar-refractivity contribution < 1.29 is 9.53 Å². The van der Waals surface area contributed by atoms with E-state index in [-0.39, 0.29) is 11.9 Å². The van der Waals surface area contributed by atoms with Crippen molar-refractivity contribution in [3.05, 3.63) is 65.4 Å². The van der Waals surface area contributed by atoms with E-state index in [2.05, 4.69) is 31.3 Å². The highest BCUT2D eigenvalue weighted by atomic mass is 16.5. The van der Waals surface area contributed by atoms with Gasteiger partial charge in [0.1, 0.15) is 11.4 Å². The van der Waals surface area contributed by atoms with Gasteiger partial charge < -0.3 is 10.1 Å². The van der Waals surface area contributed by atoms with E-state index in [0.717, 1.165) is 29.1 Å². The molecule has 146 valence electrons. The van der Waals surface area contributed by atoms with E-state index in [1.165, 1.54) is 11.1 Å². The first-order valence-corrected chi connectivity index (χ1v) is 9.56. The minimum Gasteiger partial charge on any atom is -0.497 e. The van der Waals surface area contributed by atoms with Crippen LogP contribution in [0.1, 0.15) is 41.9 Å². The van der Waals surface area contributed by atoms with Crippen molar-refractivity contribution in [1.29, 1.82) is 0 Å². The number of rotatable bonds is 6. The van der Waals surface area contributed by atoms with Crippen LogP contribution in [0.15, 0.2) is 48.5 Å². The second kappa shape index (κ2) is 8.30. The molecular formula is C23H27N3O2. The molecule has 1 aromatic heterocycles. The first-order valence-electron chi connectivity index (χ1n) is 9.56. The number of nitrogens with one attached hydrogen (secondary N) is 1. The molecule has 2 aromatic carbocycles. The number of aromatic nitrogens is 2. The van der Waals surface area contributed by atoms with E-state index in [0.29, 0.717) is 5.69 Å². The lowest BCUT2D eigenvalue weighted by Crippen LogP contribution is -2.33. The average molecular weight is 377 g/mol. The van der Waals surface area contributed by atoms with Gasteiger partial charge in [0.25, 0.3) is 5.91 Å². The Morgan fingerprint density at radius 1 is 1.11 bits per heavy atom. The van der Waals surface area contributed by atoms with E-state index in [4.69, 9.17) is 9.84 Å². The van der Waals surface area contributed by atoms with Gasteiger partial charge in [0.2, 0.25) is 0 Å². The second-order valence-corrected chi connectivity index (χ2v) is 7.11. The minimum absolute atomic E-state index is 0.0942. The van der Waals surface area contributed by atoms with Gasteiger partial charge in [-0.15, -0.1) is 0 Å². The lowest BCUT2D eigenvalue weighted by molar-refractivity contribution is 0.0931. The van der Waals surface area contributed by atoms with Crippen LogP contribution in [0, 0.1) is 13.8 Å². The van der Waals surface area contributed by atoms with Gasteiger partial charge in [-0.1, -0.05) is 19.1 Å². The molecule has 1 atom stereocenters. The summed E-state index contributed by atoms with van der Waals surface area (Å²) in [6.45, 7) is 8.21. The van der Waals surface area contributed by atoms with Crippen LogP contribution in [-0.4, -0.2) is 28.8 Å². The smallest absolute Gasteiger partial charge is 0.270 e. The van der Waals surface area contributed by atoms with Crippen molar-refractivity contribution in [3.63, 3.8) is 0 Å². The Balaban J connectivity index is 2.07. The van der Waals surface area contributed by atoms with Gasteiger partial charge in [-0.25, -0.2) is 4.68 Å². The topological polar surface area (TPSA) is 56.2 Å². The van der Waals surface area contributed by atoms with Crippen LogP contribution < -0.4 is 10.1 Å². The van der Waals surface area contributed by atoms with Crippen molar-refractivity contribution >= 4 is 5.91 Å². The number of hydrogen-bond donors (Lipinski definition) is 1. The second-order valence-electron chi connectivity index (χ2n) is 7.11. The maximum Gasteiger partial charge on any atom is 0.270 e. The highest BCUT2D eigenvalue weighted by molar-refractivity contribution is 5.94. The van der Waals surface area contributed by atoms with Crippen molar-refractivity contribution in [2.24, 2.45) is 0 Å². The van der Waals surface area contributed by atoms with Gasteiger partial charge >= 0.3 is 0 Å². The molecule has 28 heavy (non-hydrogen) atoms. The zero-order valence-corrected chi connectivity index (χ0v) is 17.1. The van der Waals surface area contributed by atoms with Gasteiger partial charge in [0, 0.05) is 11.6 Å². The van der Waals surface area contributed by atoms with Gasteiger partial charge in [-0.05, 0) is 74.7 Å². The molecule has 1 unspecified atom stereocenters. The first kappa shape index (κ1) is 19.7. The lowest BCUT2D eigenvalue weighted by atomic mass is 10.0. The summed E-state index contributed by atoms with van der Waals surface area (Å²) in [5, 5.41) is 7.79. The summed E-state index contributed by atoms with van der Waals surface area (Å²) in [7, 11) is 1.63. The summed E-state index contributed by atoms with van der Waals surface area (Å²) >= 11 is 0. The quantitative estimate of drug-likeness (QED) is 0.678. The Kier molecular flexibility index (Phi) is 5.83. The maximum absolute atomic E-state index is 12.9. The van der Waals surface area contributed by atoms with E-state index in [1.54, 1.807) is 11.8 Å². The predicted octanol–water partition coefficient (Wildman–Crippen LogP) is 4.69. The molecule has 5 nitrogen and oxygen atoms in total. The SMILES string of the molecule is CCC(C)NC(=O)c1cc(-c2ccc(C)c(C)c2)nn1-c1ccc(OC)cc1. The Labute approximate surface area is 166 Å². The zero-order chi connectivity index (χ0) is 20.3. The van der Waals surface area contributed by atoms with Crippen LogP contribution in [0.5, 0.6) is 5.75 Å². The molecule has 1 heterocycles. The average Bonchev–Trinajstić information content (AvgIpc) is 3.15. The molecule has 1 amide bonds. The van der Waals surface area contributed by atoms with Crippen molar-refractivity contribution in [2.45, 2.75) is 40.2 Å². The van der Waals surface area contributed by atoms with Crippen molar-refractivity contribution in [2.75, 3.05) is 7.11 Å². The molecule has 0 bridgehead atoms. The third-order valence-corrected chi connectivity index (χ3v) is 5.05. The molecular weight excluding hydrogens is 350 g/mol. The summed E-state index contributed by atoms with van der Waals surface area (Å²) in [6.07, 6.45) is 0.867. The molecule has 0 aliphatic heterocycles. The monoisotopic (exact) mass is 377 g/mol. The summed E-state index contributed by atoms with van der Waals surface area (Å²) in [5.74, 6) is 0.628. The lowest BCUT2D eigenvalue weighted by Gasteiger charge is -2.12. The summed E-state index contributed by atoms with van der Waals surface area (Å²) in [4.78, 5) is 12.9. The maximum atomic E-state index is 12.9. The Morgan fingerprint density at radius 2 is 1.82 bits per heavy atom. The Morgan fingerprint density at radius 3 is 2.43 bits per heavy atom. The van der Waals surface area contributed by atoms with Crippen molar-refractivity contribution in [3.8, 4) is 22.7 Å². The summed E-state index contributed by atoms with van der Waals surface area (Å²) in [6, 6.07) is 15.7. The van der Waals surface area contributed by atoms with Gasteiger partial charge in [-0.2, -0.15) is 5.10 Å². The number of carbonyl (C=O) groups is 1. The van der Waals surface area contributed by atoms with Crippen LogP contribution in [-0.2, 0) is 0 Å². The number of carbonyl (C=O) groups excluding carboxylic acids is 1. The molecule has 3 rings (SSSR count). The third-order valence-electron chi connectivity index (χ3n) is 5.05. The Bertz CT molecular complexity index is 974. The molecule has 0 fully saturated rings. The van der Waals surface area contributed by atoms with Gasteiger partial charge in [0.05, 0.1) is 18.5 Å². The zero-order valence-electron chi connectivity index (χ0n) is 17.1. The predicted molar refractivity (Wildman–Crippen MR) is 112 cm³/mol. The van der Waals surface area contributed by atoms with E-state index in [9.17, 15) is 4.79 Å². The fraction of sp³-hybridized carbons (Fsp3) is 0.304. The van der Waals surface area contributed by atoms with Crippen LogP contribution in [0.2, 0.25) is 0 Å². The fourth-order valence-electron chi connectivity index (χ4n) is 2.90. The molecule has 1 N–H and O–H groups in total. The number of aryl methyl sites for hydroxylation is 2. The van der Waals surface area contributed by atoms with E-state index >= 15 is 0 Å². The standard InChI is InChI=1S/C23H27N3O2/c1-6-17(4)24-23(27)22-14-21(18-8-7-15(2)16(3)13-18)25-26(22)19-9-11-20(28-5)12-10-19/h7-14,17H,6H2,1-5H3,(H,24,27). The molecule has 0 radical (unpaired) electrons. The number of hydrogen-bond acceptors (Lipinski definition) is 3. The number of nitrogens with zero attached hydrogens (tertiary/aromatic N) is 2. The number of methoxy groups -OCH3 is 1. The molecule has 0 spiro atoms. The number of ether oxygens (including phenoxy) is 1. The summed E-state index contributed by atoms with van der Waals surface area (Å²) < 4.78 is 6.94. The van der Waals surface area contributed by atoms with Crippen molar-refractivity contribution in [1.82, 2.24) is 15.1 Å². The summed E-state index contributed by atoms with van der Waals surface area (Å²) in [5.41, 5.74) is 5.51. The molecule has 0 aliphatic carbocycles. The van der Waals surface area contributed by atoms with Crippen LogP contribution in [0.25, 0.3) is 16.9 Å². The van der Waals surface area contributed by atoms with Crippen LogP contribution in [0.4, 0.5) is 0 Å². The first-order chi connectivity index (χ1) is 13.4. The molecule has 0 saturated carbocycles. The fourth-order valence-corrected chi connectivity index (χ4v) is 2.90. The van der Waals surface area contributed by atoms with Gasteiger partial charge in [-0.3, -0.25) is 4.79 Å². The highest BCUT2D eigenvalue weighted by Gasteiger charge is 2.19. The minimum atomic E-state index is -0.132. The van der Waals surface area contributed by atoms with E-state index in [1.807, 2.05) is 50.2 Å². The normalized spacial score (nSPS) is 11.9. The number of benzene rings is 2. The molecule has 0 saturated heterocycles. The number of amides is 1. The van der Waals surface area contributed by atoms with Gasteiger partial charge in [0.15, 0.2) is 0 Å². The molecule has 0 aliphatic rings. The highest BCUT2D eigenvalue weighted by Crippen LogP contribution is 2.25. The molecule has 5 heteroatoms. The third kappa shape index (κ3) is 4.09. The largest absolute Gasteiger partial charge is 0.497 e. The molecule has 3 aromatic rings.